The van der Waals surface area contributed by atoms with Gasteiger partial charge in [-0.05, 0) is 30.0 Å². The minimum absolute atomic E-state index is 0.554. The molecule has 2 aromatic rings. The lowest BCUT2D eigenvalue weighted by Crippen LogP contribution is -2.24. The van der Waals surface area contributed by atoms with Crippen molar-refractivity contribution in [2.24, 2.45) is 5.92 Å². The first-order valence-electron chi connectivity index (χ1n) is 6.13. The molecule has 1 saturated heterocycles. The molecular formula is C13H17N3O. The molecule has 4 nitrogen and oxygen atoms in total. The number of nitrogens with zero attached hydrogens (tertiary/aromatic N) is 2. The minimum Gasteiger partial charge on any atom is -0.380 e. The average molecular weight is 231 g/mol. The van der Waals surface area contributed by atoms with Crippen LogP contribution in [0.2, 0.25) is 0 Å². The normalized spacial score (nSPS) is 21.5. The molecule has 3 rings (SSSR count). The highest BCUT2D eigenvalue weighted by atomic mass is 16.5. The second-order valence-electron chi connectivity index (χ2n) is 4.54. The van der Waals surface area contributed by atoms with Gasteiger partial charge in [-0.1, -0.05) is 6.07 Å². The lowest BCUT2D eigenvalue weighted by molar-refractivity contribution is 0.123. The maximum Gasteiger partial charge on any atom is 0.0693 e. The highest BCUT2D eigenvalue weighted by molar-refractivity contribution is 5.53. The first kappa shape index (κ1) is 10.7. The fourth-order valence-corrected chi connectivity index (χ4v) is 2.39. The largest absolute Gasteiger partial charge is 0.380 e. The van der Waals surface area contributed by atoms with E-state index in [-0.39, 0.29) is 0 Å². The van der Waals surface area contributed by atoms with Crippen LogP contribution in [0.4, 0.5) is 0 Å². The summed E-state index contributed by atoms with van der Waals surface area (Å²) in [7, 11) is 0. The molecule has 0 amide bonds. The van der Waals surface area contributed by atoms with E-state index in [1.807, 2.05) is 16.9 Å². The Balaban J connectivity index is 1.81. The van der Waals surface area contributed by atoms with Gasteiger partial charge in [-0.3, -0.25) is 0 Å². The molecule has 1 atom stereocenters. The Morgan fingerprint density at radius 3 is 3.47 bits per heavy atom. The second kappa shape index (κ2) is 4.85. The van der Waals surface area contributed by atoms with Crippen LogP contribution in [0.1, 0.15) is 5.56 Å². The average Bonchev–Trinajstić information content (AvgIpc) is 2.69. The van der Waals surface area contributed by atoms with E-state index >= 15 is 0 Å². The van der Waals surface area contributed by atoms with Crippen molar-refractivity contribution in [2.45, 2.75) is 6.42 Å². The van der Waals surface area contributed by atoms with E-state index in [0.29, 0.717) is 5.92 Å². The van der Waals surface area contributed by atoms with Crippen molar-refractivity contribution in [3.05, 3.63) is 36.2 Å². The lowest BCUT2D eigenvalue weighted by Gasteiger charge is -2.14. The second-order valence-corrected chi connectivity index (χ2v) is 4.54. The molecule has 0 aliphatic carbocycles. The predicted molar refractivity (Wildman–Crippen MR) is 66.1 cm³/mol. The van der Waals surface area contributed by atoms with Gasteiger partial charge in [0.2, 0.25) is 0 Å². The SMILES string of the molecule is c1cc(CC2CNCCOC2)c2ccnn2c1. The minimum atomic E-state index is 0.554. The molecule has 0 aromatic carbocycles. The van der Waals surface area contributed by atoms with Crippen LogP contribution in [0.25, 0.3) is 5.52 Å². The fraction of sp³-hybridized carbons (Fsp3) is 0.462. The van der Waals surface area contributed by atoms with Gasteiger partial charge in [0.15, 0.2) is 0 Å². The molecular weight excluding hydrogens is 214 g/mol. The number of ether oxygens (including phenoxy) is 1. The summed E-state index contributed by atoms with van der Waals surface area (Å²) in [6.45, 7) is 3.68. The smallest absolute Gasteiger partial charge is 0.0693 e. The van der Waals surface area contributed by atoms with Crippen molar-refractivity contribution in [1.82, 2.24) is 14.9 Å². The van der Waals surface area contributed by atoms with Crippen LogP contribution in [-0.2, 0) is 11.2 Å². The van der Waals surface area contributed by atoms with Gasteiger partial charge in [0.05, 0.1) is 18.7 Å². The number of rotatable bonds is 2. The van der Waals surface area contributed by atoms with Crippen molar-refractivity contribution < 1.29 is 4.74 Å². The van der Waals surface area contributed by atoms with E-state index in [0.717, 1.165) is 32.7 Å². The Morgan fingerprint density at radius 2 is 2.47 bits per heavy atom. The van der Waals surface area contributed by atoms with Crippen LogP contribution in [0.15, 0.2) is 30.6 Å². The van der Waals surface area contributed by atoms with Gasteiger partial charge in [-0.2, -0.15) is 5.10 Å². The van der Waals surface area contributed by atoms with Gasteiger partial charge in [0.1, 0.15) is 0 Å². The quantitative estimate of drug-likeness (QED) is 0.841. The number of nitrogens with one attached hydrogen (secondary N) is 1. The lowest BCUT2D eigenvalue weighted by atomic mass is 10.00. The van der Waals surface area contributed by atoms with Crippen LogP contribution in [-0.4, -0.2) is 35.9 Å². The van der Waals surface area contributed by atoms with Gasteiger partial charge in [-0.15, -0.1) is 0 Å². The highest BCUT2D eigenvalue weighted by Crippen LogP contribution is 2.15. The molecule has 0 radical (unpaired) electrons. The zero-order valence-corrected chi connectivity index (χ0v) is 9.80. The third kappa shape index (κ3) is 2.33. The molecule has 1 N–H and O–H groups in total. The molecule has 1 unspecified atom stereocenters. The van der Waals surface area contributed by atoms with Gasteiger partial charge in [0.25, 0.3) is 0 Å². The highest BCUT2D eigenvalue weighted by Gasteiger charge is 2.14. The molecule has 0 saturated carbocycles. The summed E-state index contributed by atoms with van der Waals surface area (Å²) in [5.74, 6) is 0.554. The Labute approximate surface area is 101 Å². The Morgan fingerprint density at radius 1 is 1.47 bits per heavy atom. The van der Waals surface area contributed by atoms with E-state index in [4.69, 9.17) is 4.74 Å². The monoisotopic (exact) mass is 231 g/mol. The van der Waals surface area contributed by atoms with Crippen molar-refractivity contribution in [3.8, 4) is 0 Å². The predicted octanol–water partition coefficient (Wildman–Crippen LogP) is 1.11. The zero-order chi connectivity index (χ0) is 11.5. The van der Waals surface area contributed by atoms with Crippen molar-refractivity contribution in [1.29, 1.82) is 0 Å². The molecule has 0 spiro atoms. The molecule has 4 heteroatoms. The van der Waals surface area contributed by atoms with E-state index in [1.165, 1.54) is 11.1 Å². The summed E-state index contributed by atoms with van der Waals surface area (Å²) in [5.41, 5.74) is 2.55. The molecule has 90 valence electrons. The Kier molecular flexibility index (Phi) is 3.07. The van der Waals surface area contributed by atoms with Crippen molar-refractivity contribution in [2.75, 3.05) is 26.3 Å². The summed E-state index contributed by atoms with van der Waals surface area (Å²) in [6.07, 6.45) is 4.88. The fourth-order valence-electron chi connectivity index (χ4n) is 2.39. The molecule has 1 fully saturated rings. The number of aromatic nitrogens is 2. The van der Waals surface area contributed by atoms with Crippen molar-refractivity contribution in [3.63, 3.8) is 0 Å². The molecule has 17 heavy (non-hydrogen) atoms. The zero-order valence-electron chi connectivity index (χ0n) is 9.80. The van der Waals surface area contributed by atoms with Gasteiger partial charge in [-0.25, -0.2) is 4.52 Å². The molecule has 3 heterocycles. The van der Waals surface area contributed by atoms with Crippen LogP contribution < -0.4 is 5.32 Å². The van der Waals surface area contributed by atoms with E-state index < -0.39 is 0 Å². The maximum absolute atomic E-state index is 5.59. The summed E-state index contributed by atoms with van der Waals surface area (Å²) >= 11 is 0. The van der Waals surface area contributed by atoms with Crippen molar-refractivity contribution >= 4 is 5.52 Å². The van der Waals surface area contributed by atoms with E-state index in [2.05, 4.69) is 28.6 Å². The van der Waals surface area contributed by atoms with Crippen LogP contribution in [0.3, 0.4) is 0 Å². The van der Waals surface area contributed by atoms with Crippen LogP contribution in [0, 0.1) is 5.92 Å². The molecule has 2 aromatic heterocycles. The first-order valence-corrected chi connectivity index (χ1v) is 6.13. The number of hydrogen-bond donors (Lipinski definition) is 1. The van der Waals surface area contributed by atoms with Gasteiger partial charge < -0.3 is 10.1 Å². The summed E-state index contributed by atoms with van der Waals surface area (Å²) < 4.78 is 7.52. The van der Waals surface area contributed by atoms with E-state index in [1.54, 1.807) is 0 Å². The molecule has 1 aliphatic rings. The topological polar surface area (TPSA) is 38.6 Å². The van der Waals surface area contributed by atoms with Gasteiger partial charge in [0, 0.05) is 25.5 Å². The third-order valence-electron chi connectivity index (χ3n) is 3.24. The third-order valence-corrected chi connectivity index (χ3v) is 3.24. The molecule has 0 bridgehead atoms. The molecule has 1 aliphatic heterocycles. The van der Waals surface area contributed by atoms with Crippen LogP contribution >= 0.6 is 0 Å². The van der Waals surface area contributed by atoms with E-state index in [9.17, 15) is 0 Å². The number of fused-ring (bicyclic) bond motifs is 1. The summed E-state index contributed by atoms with van der Waals surface area (Å²) in [4.78, 5) is 0. The standard InChI is InChI=1S/C13H17N3O/c1-2-12(13-3-4-15-16(13)6-1)8-11-9-14-5-7-17-10-11/h1-4,6,11,14H,5,7-10H2. The summed E-state index contributed by atoms with van der Waals surface area (Å²) in [5, 5.41) is 7.67. The summed E-state index contributed by atoms with van der Waals surface area (Å²) in [6, 6.07) is 6.31. The first-order chi connectivity index (χ1) is 8.43. The number of hydrogen-bond acceptors (Lipinski definition) is 3. The number of pyridine rings is 1. The van der Waals surface area contributed by atoms with Gasteiger partial charge >= 0.3 is 0 Å². The maximum atomic E-state index is 5.59. The van der Waals surface area contributed by atoms with Crippen LogP contribution in [0.5, 0.6) is 0 Å². The Bertz CT molecular complexity index is 486. The Hall–Kier alpha value is -1.39.